The summed E-state index contributed by atoms with van der Waals surface area (Å²) in [6.45, 7) is 0. The third-order valence-electron chi connectivity index (χ3n) is 2.67. The van der Waals surface area contributed by atoms with Crippen molar-refractivity contribution in [2.45, 2.75) is 31.2 Å². The van der Waals surface area contributed by atoms with Gasteiger partial charge in [-0.2, -0.15) is 0 Å². The van der Waals surface area contributed by atoms with Gasteiger partial charge in [-0.25, -0.2) is 0 Å². The fourth-order valence-corrected chi connectivity index (χ4v) is 1.79. The van der Waals surface area contributed by atoms with Crippen molar-refractivity contribution in [3.63, 3.8) is 0 Å². The lowest BCUT2D eigenvalue weighted by atomic mass is 9.76. The third kappa shape index (κ3) is 1.46. The molecule has 2 nitrogen and oxygen atoms in total. The average Bonchev–Trinajstić information content (AvgIpc) is 2.38. The summed E-state index contributed by atoms with van der Waals surface area (Å²) in [6, 6.07) is -2.10. The molecule has 0 bridgehead atoms. The van der Waals surface area contributed by atoms with Crippen molar-refractivity contribution in [1.82, 2.24) is 0 Å². The van der Waals surface area contributed by atoms with Crippen LogP contribution >= 0.6 is 0 Å². The largest absolute Gasteiger partial charge is 0.315 e. The van der Waals surface area contributed by atoms with Gasteiger partial charge in [0.25, 0.3) is 0 Å². The van der Waals surface area contributed by atoms with E-state index in [9.17, 15) is 4.79 Å². The molecule has 14 heavy (non-hydrogen) atoms. The summed E-state index contributed by atoms with van der Waals surface area (Å²) in [6.07, 6.45) is 2.05. The Morgan fingerprint density at radius 3 is 2.64 bits per heavy atom. The first-order valence-corrected chi connectivity index (χ1v) is 4.70. The summed E-state index contributed by atoms with van der Waals surface area (Å²) in [5.74, 6) is -0.253. The van der Waals surface area contributed by atoms with Gasteiger partial charge in [-0.3, -0.25) is 4.79 Å². The minimum absolute atomic E-state index is 0.0665. The van der Waals surface area contributed by atoms with Crippen molar-refractivity contribution in [3.05, 3.63) is 35.8 Å². The van der Waals surface area contributed by atoms with E-state index in [1.165, 1.54) is 0 Å². The van der Waals surface area contributed by atoms with Crippen LogP contribution in [0.5, 0.6) is 0 Å². The number of hydrogen-bond donors (Lipinski definition) is 1. The van der Waals surface area contributed by atoms with E-state index in [1.54, 1.807) is 0 Å². The Labute approximate surface area is 91.1 Å². The van der Waals surface area contributed by atoms with Crippen LogP contribution in [0, 0.1) is 0 Å². The summed E-state index contributed by atoms with van der Waals surface area (Å²) >= 11 is 0. The van der Waals surface area contributed by atoms with Crippen LogP contribution in [0.4, 0.5) is 0 Å². The Bertz CT molecular complexity index is 531. The molecule has 1 aliphatic rings. The first-order chi connectivity index (χ1) is 8.80. The van der Waals surface area contributed by atoms with Crippen LogP contribution in [0.1, 0.15) is 38.1 Å². The first-order valence-electron chi connectivity index (χ1n) is 7.20. The Morgan fingerprint density at radius 1 is 1.29 bits per heavy atom. The van der Waals surface area contributed by atoms with Gasteiger partial charge in [0.2, 0.25) is 0 Å². The summed E-state index contributed by atoms with van der Waals surface area (Å²) in [5, 5.41) is 0. The summed E-state index contributed by atoms with van der Waals surface area (Å²) in [7, 11) is 0. The van der Waals surface area contributed by atoms with Crippen LogP contribution in [0.15, 0.2) is 30.2 Å². The number of carbonyl (C=O) groups is 1. The monoisotopic (exact) mass is 194 g/mol. The van der Waals surface area contributed by atoms with E-state index in [2.05, 4.69) is 0 Å². The molecule has 1 saturated carbocycles. The van der Waals surface area contributed by atoms with Gasteiger partial charge < -0.3 is 5.73 Å². The van der Waals surface area contributed by atoms with E-state index in [0.29, 0.717) is 19.3 Å². The van der Waals surface area contributed by atoms with Crippen molar-refractivity contribution >= 4 is 5.78 Å². The van der Waals surface area contributed by atoms with Gasteiger partial charge >= 0.3 is 0 Å². The molecule has 1 fully saturated rings. The normalized spacial score (nSPS) is 32.6. The number of nitrogens with two attached hydrogens (primary N) is 1. The smallest absolute Gasteiger partial charge is 0.157 e. The number of rotatable bonds is 1. The second-order valence-corrected chi connectivity index (χ2v) is 3.60. The fourth-order valence-electron chi connectivity index (χ4n) is 1.79. The van der Waals surface area contributed by atoms with Gasteiger partial charge in [0, 0.05) is 6.42 Å². The maximum absolute atomic E-state index is 12.1. The molecule has 2 heteroatoms. The highest BCUT2D eigenvalue weighted by atomic mass is 16.1. The molecule has 1 aromatic rings. The van der Waals surface area contributed by atoms with E-state index in [-0.39, 0.29) is 23.4 Å². The molecule has 0 aromatic heterocycles. The van der Waals surface area contributed by atoms with Crippen LogP contribution in [0.2, 0.25) is 0 Å². The molecule has 0 amide bonds. The molecule has 74 valence electrons. The van der Waals surface area contributed by atoms with E-state index in [4.69, 9.17) is 12.6 Å². The maximum atomic E-state index is 12.1. The van der Waals surface area contributed by atoms with Gasteiger partial charge in [0.15, 0.2) is 5.78 Å². The van der Waals surface area contributed by atoms with Crippen LogP contribution in [0.3, 0.4) is 0 Å². The lowest BCUT2D eigenvalue weighted by Crippen LogP contribution is -2.46. The SMILES string of the molecule is [2H]c1c([2H])c([2H])c(C2(N)CCCCC2=O)c([2H])c1[2H]. The molecule has 1 aromatic carbocycles. The van der Waals surface area contributed by atoms with Crippen molar-refractivity contribution in [2.24, 2.45) is 5.73 Å². The molecular formula is C12H15NO. The minimum atomic E-state index is -1.45. The Balaban J connectivity index is 2.72. The summed E-state index contributed by atoms with van der Waals surface area (Å²) < 4.78 is 38.6. The number of benzene rings is 1. The van der Waals surface area contributed by atoms with Crippen LogP contribution in [-0.4, -0.2) is 5.78 Å². The number of hydrogen-bond acceptors (Lipinski definition) is 2. The molecule has 0 heterocycles. The first kappa shape index (κ1) is 5.08. The Morgan fingerprint density at radius 2 is 2.00 bits per heavy atom. The Kier molecular flexibility index (Phi) is 1.28. The maximum Gasteiger partial charge on any atom is 0.157 e. The zero-order valence-corrected chi connectivity index (χ0v) is 7.81. The van der Waals surface area contributed by atoms with Crippen molar-refractivity contribution < 1.29 is 11.6 Å². The molecule has 1 aliphatic carbocycles. The zero-order chi connectivity index (χ0) is 14.4. The summed E-state index contributed by atoms with van der Waals surface area (Å²) in [5.41, 5.74) is 4.58. The van der Waals surface area contributed by atoms with Crippen molar-refractivity contribution in [2.75, 3.05) is 0 Å². The van der Waals surface area contributed by atoms with Crippen LogP contribution in [-0.2, 0) is 10.3 Å². The topological polar surface area (TPSA) is 43.1 Å². The van der Waals surface area contributed by atoms with Crippen LogP contribution < -0.4 is 5.73 Å². The molecule has 0 saturated heterocycles. The predicted octanol–water partition coefficient (Wildman–Crippen LogP) is 1.98. The molecule has 1 unspecified atom stereocenters. The highest BCUT2D eigenvalue weighted by Gasteiger charge is 2.36. The summed E-state index contributed by atoms with van der Waals surface area (Å²) in [4.78, 5) is 12.1. The standard InChI is InChI=1S/C12H15NO/c13-12(9-5-4-8-11(12)14)10-6-2-1-3-7-10/h1-3,6-7H,4-5,8-9,13H2/i1D,2D,3D,6D,7D. The van der Waals surface area contributed by atoms with E-state index in [0.717, 1.165) is 6.42 Å². The third-order valence-corrected chi connectivity index (χ3v) is 2.67. The van der Waals surface area contributed by atoms with Crippen molar-refractivity contribution in [3.8, 4) is 0 Å². The minimum Gasteiger partial charge on any atom is -0.315 e. The number of carbonyl (C=O) groups excluding carboxylic acids is 1. The lowest BCUT2D eigenvalue weighted by Gasteiger charge is -2.32. The molecule has 2 rings (SSSR count). The van der Waals surface area contributed by atoms with Gasteiger partial charge in [0.05, 0.1) is 6.85 Å². The zero-order valence-electron chi connectivity index (χ0n) is 12.8. The van der Waals surface area contributed by atoms with Gasteiger partial charge in [-0.05, 0) is 18.4 Å². The van der Waals surface area contributed by atoms with Gasteiger partial charge in [-0.15, -0.1) is 0 Å². The predicted molar refractivity (Wildman–Crippen MR) is 55.8 cm³/mol. The molecule has 0 radical (unpaired) electrons. The molecule has 0 spiro atoms. The molecular weight excluding hydrogens is 174 g/mol. The molecule has 2 N–H and O–H groups in total. The van der Waals surface area contributed by atoms with E-state index >= 15 is 0 Å². The average molecular weight is 194 g/mol. The van der Waals surface area contributed by atoms with Gasteiger partial charge in [-0.1, -0.05) is 36.6 Å². The highest BCUT2D eigenvalue weighted by Crippen LogP contribution is 2.31. The van der Waals surface area contributed by atoms with Crippen LogP contribution in [0.25, 0.3) is 0 Å². The second kappa shape index (κ2) is 3.54. The highest BCUT2D eigenvalue weighted by molar-refractivity contribution is 5.90. The second-order valence-electron chi connectivity index (χ2n) is 3.60. The van der Waals surface area contributed by atoms with Gasteiger partial charge in [0.1, 0.15) is 5.54 Å². The van der Waals surface area contributed by atoms with Crippen molar-refractivity contribution in [1.29, 1.82) is 0 Å². The quantitative estimate of drug-likeness (QED) is 0.743. The number of Topliss-reactive ketones (excluding diaryl/α,β-unsaturated/α-hetero) is 1. The Hall–Kier alpha value is -1.15. The molecule has 0 aliphatic heterocycles. The number of ketones is 1. The fraction of sp³-hybridized carbons (Fsp3) is 0.417. The van der Waals surface area contributed by atoms with E-state index in [1.807, 2.05) is 0 Å². The van der Waals surface area contributed by atoms with E-state index < -0.39 is 23.7 Å². The molecule has 1 atom stereocenters. The lowest BCUT2D eigenvalue weighted by molar-refractivity contribution is -0.126.